The van der Waals surface area contributed by atoms with Crippen LogP contribution in [-0.2, 0) is 14.3 Å². The Bertz CT molecular complexity index is 446. The van der Waals surface area contributed by atoms with Crippen molar-refractivity contribution >= 4 is 33.5 Å². The van der Waals surface area contributed by atoms with Gasteiger partial charge in [-0.15, -0.1) is 0 Å². The Balaban J connectivity index is 2.47. The summed E-state index contributed by atoms with van der Waals surface area (Å²) in [5.41, 5.74) is 1.72. The Morgan fingerprint density at radius 3 is 2.67 bits per heavy atom. The van der Waals surface area contributed by atoms with Crippen molar-refractivity contribution in [3.05, 3.63) is 28.2 Å². The van der Waals surface area contributed by atoms with Crippen molar-refractivity contribution in [1.82, 2.24) is 0 Å². The molecular formula is C13H16BrNO3. The molecule has 1 rings (SSSR count). The van der Waals surface area contributed by atoms with Crippen LogP contribution in [0, 0.1) is 6.92 Å². The fourth-order valence-corrected chi connectivity index (χ4v) is 1.90. The van der Waals surface area contributed by atoms with Crippen LogP contribution >= 0.6 is 15.9 Å². The van der Waals surface area contributed by atoms with Gasteiger partial charge in [0.05, 0.1) is 13.0 Å². The highest BCUT2D eigenvalue weighted by molar-refractivity contribution is 9.10. The molecule has 0 radical (unpaired) electrons. The SMILES string of the molecule is CCOC(=O)CCC(=O)Nc1ccc(Br)cc1C. The summed E-state index contributed by atoms with van der Waals surface area (Å²) in [5, 5.41) is 2.77. The second-order valence-electron chi connectivity index (χ2n) is 3.81. The molecule has 1 N–H and O–H groups in total. The van der Waals surface area contributed by atoms with Gasteiger partial charge in [-0.2, -0.15) is 0 Å². The first kappa shape index (κ1) is 14.7. The highest BCUT2D eigenvalue weighted by Crippen LogP contribution is 2.20. The van der Waals surface area contributed by atoms with Crippen LogP contribution < -0.4 is 5.32 Å². The molecule has 0 aliphatic carbocycles. The predicted molar refractivity (Wildman–Crippen MR) is 73.4 cm³/mol. The smallest absolute Gasteiger partial charge is 0.306 e. The number of benzene rings is 1. The molecule has 0 fully saturated rings. The summed E-state index contributed by atoms with van der Waals surface area (Å²) in [6.07, 6.45) is 0.240. The van der Waals surface area contributed by atoms with E-state index in [2.05, 4.69) is 21.2 Å². The lowest BCUT2D eigenvalue weighted by Crippen LogP contribution is -2.15. The molecular weight excluding hydrogens is 298 g/mol. The molecule has 4 nitrogen and oxygen atoms in total. The monoisotopic (exact) mass is 313 g/mol. The second kappa shape index (κ2) is 7.16. The highest BCUT2D eigenvalue weighted by atomic mass is 79.9. The van der Waals surface area contributed by atoms with Crippen LogP contribution in [0.1, 0.15) is 25.3 Å². The van der Waals surface area contributed by atoms with Gasteiger partial charge in [0.25, 0.3) is 0 Å². The summed E-state index contributed by atoms with van der Waals surface area (Å²) in [5.74, 6) is -0.534. The summed E-state index contributed by atoms with van der Waals surface area (Å²) < 4.78 is 5.72. The number of aryl methyl sites for hydroxylation is 1. The minimum Gasteiger partial charge on any atom is -0.466 e. The van der Waals surface area contributed by atoms with Gasteiger partial charge in [0.2, 0.25) is 5.91 Å². The first-order valence-electron chi connectivity index (χ1n) is 5.74. The lowest BCUT2D eigenvalue weighted by molar-refractivity contribution is -0.144. The van der Waals surface area contributed by atoms with Gasteiger partial charge in [-0.25, -0.2) is 0 Å². The average molecular weight is 314 g/mol. The van der Waals surface area contributed by atoms with Crippen molar-refractivity contribution in [3.8, 4) is 0 Å². The average Bonchev–Trinajstić information content (AvgIpc) is 2.31. The summed E-state index contributed by atoms with van der Waals surface area (Å²) in [6, 6.07) is 5.59. The van der Waals surface area contributed by atoms with Crippen LogP contribution in [0.3, 0.4) is 0 Å². The molecule has 0 saturated carbocycles. The molecule has 0 heterocycles. The number of esters is 1. The molecule has 18 heavy (non-hydrogen) atoms. The van der Waals surface area contributed by atoms with Crippen LogP contribution in [0.4, 0.5) is 5.69 Å². The Hall–Kier alpha value is -1.36. The lowest BCUT2D eigenvalue weighted by atomic mass is 10.2. The number of halogens is 1. The molecule has 0 spiro atoms. The van der Waals surface area contributed by atoms with Crippen molar-refractivity contribution in [3.63, 3.8) is 0 Å². The maximum atomic E-state index is 11.6. The Labute approximate surface area is 115 Å². The topological polar surface area (TPSA) is 55.4 Å². The minimum atomic E-state index is -0.347. The van der Waals surface area contributed by atoms with E-state index in [1.807, 2.05) is 25.1 Å². The minimum absolute atomic E-state index is 0.106. The molecule has 1 aromatic rings. The van der Waals surface area contributed by atoms with Gasteiger partial charge in [0.1, 0.15) is 0 Å². The molecule has 0 saturated heterocycles. The molecule has 0 aliphatic heterocycles. The summed E-state index contributed by atoms with van der Waals surface area (Å²) in [4.78, 5) is 22.7. The Morgan fingerprint density at radius 1 is 1.33 bits per heavy atom. The van der Waals surface area contributed by atoms with E-state index < -0.39 is 0 Å². The van der Waals surface area contributed by atoms with E-state index in [4.69, 9.17) is 4.74 Å². The van der Waals surface area contributed by atoms with E-state index in [1.165, 1.54) is 0 Å². The zero-order valence-electron chi connectivity index (χ0n) is 10.5. The number of anilines is 1. The number of nitrogens with one attached hydrogen (secondary N) is 1. The number of amides is 1. The lowest BCUT2D eigenvalue weighted by Gasteiger charge is -2.08. The molecule has 0 aliphatic rings. The largest absolute Gasteiger partial charge is 0.466 e. The van der Waals surface area contributed by atoms with Crippen LogP contribution in [0.25, 0.3) is 0 Å². The fraction of sp³-hybridized carbons (Fsp3) is 0.385. The Kier molecular flexibility index (Phi) is 5.85. The van der Waals surface area contributed by atoms with Crippen molar-refractivity contribution in [2.45, 2.75) is 26.7 Å². The van der Waals surface area contributed by atoms with Crippen LogP contribution in [0.5, 0.6) is 0 Å². The van der Waals surface area contributed by atoms with Crippen LogP contribution in [-0.4, -0.2) is 18.5 Å². The van der Waals surface area contributed by atoms with Crippen molar-refractivity contribution in [2.75, 3.05) is 11.9 Å². The normalized spacial score (nSPS) is 9.94. The first-order chi connectivity index (χ1) is 8.52. The van der Waals surface area contributed by atoms with Crippen LogP contribution in [0.15, 0.2) is 22.7 Å². The zero-order chi connectivity index (χ0) is 13.5. The quantitative estimate of drug-likeness (QED) is 0.850. The first-order valence-corrected chi connectivity index (χ1v) is 6.54. The van der Waals surface area contributed by atoms with E-state index in [9.17, 15) is 9.59 Å². The fourth-order valence-electron chi connectivity index (χ4n) is 1.43. The summed E-state index contributed by atoms with van der Waals surface area (Å²) in [6.45, 7) is 3.99. The van der Waals surface area contributed by atoms with Gasteiger partial charge in [0.15, 0.2) is 0 Å². The molecule has 0 bridgehead atoms. The maximum absolute atomic E-state index is 11.6. The number of hydrogen-bond acceptors (Lipinski definition) is 3. The molecule has 0 aromatic heterocycles. The molecule has 1 aromatic carbocycles. The van der Waals surface area contributed by atoms with Gasteiger partial charge < -0.3 is 10.1 Å². The third-order valence-corrected chi connectivity index (χ3v) is 2.82. The number of rotatable bonds is 5. The highest BCUT2D eigenvalue weighted by Gasteiger charge is 2.08. The molecule has 0 atom stereocenters. The van der Waals surface area contributed by atoms with E-state index in [1.54, 1.807) is 6.92 Å². The standard InChI is InChI=1S/C13H16BrNO3/c1-3-18-13(17)7-6-12(16)15-11-5-4-10(14)8-9(11)2/h4-5,8H,3,6-7H2,1-2H3,(H,15,16). The van der Waals surface area contributed by atoms with Gasteiger partial charge in [-0.05, 0) is 37.6 Å². The van der Waals surface area contributed by atoms with Crippen molar-refractivity contribution in [1.29, 1.82) is 0 Å². The van der Waals surface area contributed by atoms with Gasteiger partial charge in [0, 0.05) is 16.6 Å². The predicted octanol–water partition coefficient (Wildman–Crippen LogP) is 3.04. The summed E-state index contributed by atoms with van der Waals surface area (Å²) in [7, 11) is 0. The number of carbonyl (C=O) groups excluding carboxylic acids is 2. The van der Waals surface area contributed by atoms with E-state index >= 15 is 0 Å². The van der Waals surface area contributed by atoms with Gasteiger partial charge in [-0.1, -0.05) is 15.9 Å². The number of ether oxygens (including phenoxy) is 1. The Morgan fingerprint density at radius 2 is 2.06 bits per heavy atom. The van der Waals surface area contributed by atoms with Crippen molar-refractivity contribution in [2.24, 2.45) is 0 Å². The van der Waals surface area contributed by atoms with E-state index in [0.717, 1.165) is 15.7 Å². The molecule has 5 heteroatoms. The third-order valence-electron chi connectivity index (χ3n) is 2.32. The zero-order valence-corrected chi connectivity index (χ0v) is 12.0. The van der Waals surface area contributed by atoms with E-state index in [0.29, 0.717) is 6.61 Å². The molecule has 0 unspecified atom stereocenters. The maximum Gasteiger partial charge on any atom is 0.306 e. The number of carbonyl (C=O) groups is 2. The van der Waals surface area contributed by atoms with E-state index in [-0.39, 0.29) is 24.7 Å². The second-order valence-corrected chi connectivity index (χ2v) is 4.73. The van der Waals surface area contributed by atoms with Crippen LogP contribution in [0.2, 0.25) is 0 Å². The molecule has 1 amide bonds. The number of hydrogen-bond donors (Lipinski definition) is 1. The van der Waals surface area contributed by atoms with Gasteiger partial charge >= 0.3 is 5.97 Å². The van der Waals surface area contributed by atoms with Crippen molar-refractivity contribution < 1.29 is 14.3 Å². The third kappa shape index (κ3) is 4.87. The molecule has 98 valence electrons. The summed E-state index contributed by atoms with van der Waals surface area (Å²) >= 11 is 3.36. The van der Waals surface area contributed by atoms with Gasteiger partial charge in [-0.3, -0.25) is 9.59 Å².